The van der Waals surface area contributed by atoms with Crippen molar-refractivity contribution in [2.45, 2.75) is 40.0 Å². The van der Waals surface area contributed by atoms with Gasteiger partial charge in [-0.05, 0) is 26.2 Å². The highest BCUT2D eigenvalue weighted by atomic mass is 16.5. The molecular weight excluding hydrogens is 236 g/mol. The molecule has 1 heterocycles. The first kappa shape index (κ1) is 19.0. The predicted molar refractivity (Wildman–Crippen MR) is 69.0 cm³/mol. The zero-order valence-corrected chi connectivity index (χ0v) is 10.2. The zero-order chi connectivity index (χ0) is 13.1. The van der Waals surface area contributed by atoms with Gasteiger partial charge in [-0.1, -0.05) is 14.0 Å². The molecule has 18 heavy (non-hydrogen) atoms. The van der Waals surface area contributed by atoms with Gasteiger partial charge >= 0.3 is 11.9 Å². The van der Waals surface area contributed by atoms with Crippen LogP contribution < -0.4 is 0 Å². The van der Waals surface area contributed by atoms with Crippen LogP contribution in [0.3, 0.4) is 0 Å². The molecular formula is C13H24O5. The van der Waals surface area contributed by atoms with E-state index in [2.05, 4.69) is 11.3 Å². The average molecular weight is 260 g/mol. The fourth-order valence-electron chi connectivity index (χ4n) is 1.07. The summed E-state index contributed by atoms with van der Waals surface area (Å²) in [4.78, 5) is 20.9. The third-order valence-electron chi connectivity index (χ3n) is 1.96. The Kier molecular flexibility index (Phi) is 12.8. The quantitative estimate of drug-likeness (QED) is 0.619. The molecule has 0 amide bonds. The maximum absolute atomic E-state index is 10.5. The minimum atomic E-state index is -0.455. The van der Waals surface area contributed by atoms with Crippen LogP contribution in [-0.4, -0.2) is 36.9 Å². The molecule has 0 aromatic rings. The number of esters is 2. The molecule has 0 bridgehead atoms. The molecule has 106 valence electrons. The van der Waals surface area contributed by atoms with Crippen molar-refractivity contribution in [3.8, 4) is 0 Å². The molecule has 1 aliphatic heterocycles. The second-order valence-corrected chi connectivity index (χ2v) is 3.67. The van der Waals surface area contributed by atoms with Crippen LogP contribution in [0, 0.1) is 0 Å². The summed E-state index contributed by atoms with van der Waals surface area (Å²) in [5.74, 6) is -0.480. The van der Waals surface area contributed by atoms with Crippen molar-refractivity contribution in [3.63, 3.8) is 0 Å². The van der Waals surface area contributed by atoms with E-state index in [0.29, 0.717) is 18.6 Å². The molecule has 5 heteroatoms. The van der Waals surface area contributed by atoms with Crippen LogP contribution in [0.1, 0.15) is 40.0 Å². The highest BCUT2D eigenvalue weighted by Gasteiger charge is 2.05. The van der Waals surface area contributed by atoms with Gasteiger partial charge < -0.3 is 14.6 Å². The van der Waals surface area contributed by atoms with Crippen molar-refractivity contribution in [3.05, 3.63) is 12.2 Å². The molecule has 5 nitrogen and oxygen atoms in total. The van der Waals surface area contributed by atoms with E-state index in [0.717, 1.165) is 19.3 Å². The first-order chi connectivity index (χ1) is 8.07. The van der Waals surface area contributed by atoms with Crippen molar-refractivity contribution in [1.82, 2.24) is 0 Å². The largest absolute Gasteiger partial charge is 0.466 e. The number of aliphatic hydroxyl groups is 1. The van der Waals surface area contributed by atoms with Gasteiger partial charge in [0.1, 0.15) is 6.61 Å². The summed E-state index contributed by atoms with van der Waals surface area (Å²) < 4.78 is 9.23. The first-order valence-electron chi connectivity index (χ1n) is 5.67. The fourth-order valence-corrected chi connectivity index (χ4v) is 1.07. The molecule has 0 saturated carbocycles. The van der Waals surface area contributed by atoms with E-state index in [1.54, 1.807) is 6.92 Å². The highest BCUT2D eigenvalue weighted by molar-refractivity contribution is 5.86. The Hall–Kier alpha value is -1.36. The molecule has 0 unspecified atom stereocenters. The second kappa shape index (κ2) is 12.1. The Morgan fingerprint density at radius 2 is 2.11 bits per heavy atom. The number of cyclic esters (lactones) is 1. The van der Waals surface area contributed by atoms with Gasteiger partial charge in [-0.15, -0.1) is 0 Å². The molecule has 1 aliphatic rings. The molecule has 1 N–H and O–H groups in total. The maximum atomic E-state index is 10.5. The van der Waals surface area contributed by atoms with Crippen LogP contribution in [-0.2, 0) is 19.1 Å². The lowest BCUT2D eigenvalue weighted by molar-refractivity contribution is -0.142. The molecule has 0 aromatic carbocycles. The summed E-state index contributed by atoms with van der Waals surface area (Å²) in [7, 11) is 0. The lowest BCUT2D eigenvalue weighted by Gasteiger charge is -1.99. The Bertz CT molecular complexity index is 250. The van der Waals surface area contributed by atoms with E-state index in [4.69, 9.17) is 9.84 Å². The molecule has 0 spiro atoms. The summed E-state index contributed by atoms with van der Waals surface area (Å²) >= 11 is 0. The van der Waals surface area contributed by atoms with Gasteiger partial charge in [0.2, 0.25) is 0 Å². The Morgan fingerprint density at radius 3 is 2.67 bits per heavy atom. The molecule has 1 fully saturated rings. The van der Waals surface area contributed by atoms with Gasteiger partial charge in [0.15, 0.2) is 0 Å². The van der Waals surface area contributed by atoms with Gasteiger partial charge in [-0.25, -0.2) is 4.79 Å². The van der Waals surface area contributed by atoms with Crippen molar-refractivity contribution in [2.75, 3.05) is 19.8 Å². The van der Waals surface area contributed by atoms with Crippen LogP contribution in [0.15, 0.2) is 12.2 Å². The standard InChI is InChI=1S/C6H10O3.C6H10O2.CH4/c1-5(2)6(8)9-4-3-7;7-6-4-2-1-3-5-8-6;/h7H,1,3-4H2,2H3;1-5H2;1H4. The van der Waals surface area contributed by atoms with E-state index >= 15 is 0 Å². The van der Waals surface area contributed by atoms with Crippen LogP contribution in [0.25, 0.3) is 0 Å². The van der Waals surface area contributed by atoms with Crippen LogP contribution in [0.5, 0.6) is 0 Å². The molecule has 0 aliphatic carbocycles. The molecule has 1 saturated heterocycles. The number of hydrogen-bond donors (Lipinski definition) is 1. The van der Waals surface area contributed by atoms with E-state index in [1.165, 1.54) is 0 Å². The minimum Gasteiger partial charge on any atom is -0.466 e. The minimum absolute atomic E-state index is 0. The second-order valence-electron chi connectivity index (χ2n) is 3.67. The molecule has 0 radical (unpaired) electrons. The molecule has 1 rings (SSSR count). The van der Waals surface area contributed by atoms with Gasteiger partial charge in [0, 0.05) is 12.0 Å². The monoisotopic (exact) mass is 260 g/mol. The van der Waals surface area contributed by atoms with Crippen molar-refractivity contribution >= 4 is 11.9 Å². The van der Waals surface area contributed by atoms with Gasteiger partial charge in [-0.2, -0.15) is 0 Å². The third kappa shape index (κ3) is 11.1. The molecule has 0 atom stereocenters. The van der Waals surface area contributed by atoms with Crippen LogP contribution in [0.4, 0.5) is 0 Å². The van der Waals surface area contributed by atoms with Crippen molar-refractivity contribution < 1.29 is 24.2 Å². The predicted octanol–water partition coefficient (Wildman–Crippen LogP) is 1.84. The number of carbonyl (C=O) groups excluding carboxylic acids is 2. The van der Waals surface area contributed by atoms with Crippen LogP contribution in [0.2, 0.25) is 0 Å². The summed E-state index contributed by atoms with van der Waals surface area (Å²) in [6, 6.07) is 0. The summed E-state index contributed by atoms with van der Waals surface area (Å²) in [5.41, 5.74) is 0.350. The van der Waals surface area contributed by atoms with Gasteiger partial charge in [0.25, 0.3) is 0 Å². The fraction of sp³-hybridized carbons (Fsp3) is 0.692. The van der Waals surface area contributed by atoms with E-state index in [1.807, 2.05) is 0 Å². The smallest absolute Gasteiger partial charge is 0.333 e. The van der Waals surface area contributed by atoms with E-state index < -0.39 is 5.97 Å². The molecule has 0 aromatic heterocycles. The lowest BCUT2D eigenvalue weighted by Crippen LogP contribution is -2.08. The number of hydrogen-bond acceptors (Lipinski definition) is 5. The Labute approximate surface area is 109 Å². The maximum Gasteiger partial charge on any atom is 0.333 e. The number of aliphatic hydroxyl groups excluding tert-OH is 1. The van der Waals surface area contributed by atoms with Gasteiger partial charge in [-0.3, -0.25) is 4.79 Å². The van der Waals surface area contributed by atoms with Crippen LogP contribution >= 0.6 is 0 Å². The normalized spacial score (nSPS) is 14.0. The zero-order valence-electron chi connectivity index (χ0n) is 10.2. The lowest BCUT2D eigenvalue weighted by atomic mass is 10.2. The van der Waals surface area contributed by atoms with Gasteiger partial charge in [0.05, 0.1) is 13.2 Å². The summed E-state index contributed by atoms with van der Waals surface area (Å²) in [5, 5.41) is 8.19. The summed E-state index contributed by atoms with van der Waals surface area (Å²) in [6.45, 7) is 5.45. The average Bonchev–Trinajstić information content (AvgIpc) is 2.54. The Balaban J connectivity index is 0. The first-order valence-corrected chi connectivity index (χ1v) is 5.67. The number of ether oxygens (including phenoxy) is 2. The van der Waals surface area contributed by atoms with Crippen molar-refractivity contribution in [2.24, 2.45) is 0 Å². The van der Waals surface area contributed by atoms with E-state index in [-0.39, 0.29) is 26.6 Å². The topological polar surface area (TPSA) is 72.8 Å². The van der Waals surface area contributed by atoms with E-state index in [9.17, 15) is 9.59 Å². The summed E-state index contributed by atoms with van der Waals surface area (Å²) in [6.07, 6.45) is 3.83. The third-order valence-corrected chi connectivity index (χ3v) is 1.96. The number of carbonyl (C=O) groups is 2. The SMILES string of the molecule is C.C=C(C)C(=O)OCCO.O=C1CCCCCO1. The number of rotatable bonds is 3. The Morgan fingerprint density at radius 1 is 1.44 bits per heavy atom. The van der Waals surface area contributed by atoms with Crippen molar-refractivity contribution in [1.29, 1.82) is 0 Å². The highest BCUT2D eigenvalue weighted by Crippen LogP contribution is 2.06.